The Labute approximate surface area is 155 Å². The van der Waals surface area contributed by atoms with Crippen molar-refractivity contribution in [3.8, 4) is 0 Å². The highest BCUT2D eigenvalue weighted by atomic mass is 31.3. The lowest BCUT2D eigenvalue weighted by atomic mass is 9.99. The number of hydrogen-bond donors (Lipinski definition) is 5. The van der Waals surface area contributed by atoms with E-state index in [-0.39, 0.29) is 0 Å². The van der Waals surface area contributed by atoms with Crippen molar-refractivity contribution >= 4 is 26.9 Å². The Morgan fingerprint density at radius 3 is 1.70 bits per heavy atom. The SMILES string of the molecule is C1=CC(c2ccccc2)=C(c2ccccc2)NO1.O=P(O)(O)OP(=O)(O)O. The highest BCUT2D eigenvalue weighted by Gasteiger charge is 2.27. The van der Waals surface area contributed by atoms with Crippen LogP contribution >= 0.6 is 15.6 Å². The second-order valence-electron chi connectivity index (χ2n) is 5.11. The molecule has 0 saturated carbocycles. The third kappa shape index (κ3) is 7.50. The minimum atomic E-state index is -5.05. The van der Waals surface area contributed by atoms with E-state index in [1.165, 1.54) is 5.56 Å². The lowest BCUT2D eigenvalue weighted by Crippen LogP contribution is -2.14. The lowest BCUT2D eigenvalue weighted by Gasteiger charge is -2.18. The van der Waals surface area contributed by atoms with Gasteiger partial charge in [0.15, 0.2) is 0 Å². The fraction of sp³-hybridized carbons (Fsp3) is 0. The van der Waals surface area contributed by atoms with Gasteiger partial charge in [-0.3, -0.25) is 0 Å². The molecule has 0 fully saturated rings. The summed E-state index contributed by atoms with van der Waals surface area (Å²) in [5.74, 6) is 0. The van der Waals surface area contributed by atoms with Crippen LogP contribution in [0.2, 0.25) is 0 Å². The topological polar surface area (TPSA) is 146 Å². The molecule has 11 heteroatoms. The third-order valence-corrected chi connectivity index (χ3v) is 4.79. The summed E-state index contributed by atoms with van der Waals surface area (Å²) in [5.41, 5.74) is 7.38. The molecule has 0 unspecified atom stereocenters. The minimum Gasteiger partial charge on any atom is -0.390 e. The average molecular weight is 413 g/mol. The van der Waals surface area contributed by atoms with Crippen LogP contribution in [0.1, 0.15) is 11.1 Å². The van der Waals surface area contributed by atoms with Crippen molar-refractivity contribution in [3.05, 3.63) is 84.1 Å². The van der Waals surface area contributed by atoms with Gasteiger partial charge in [-0.05, 0) is 11.6 Å². The predicted molar refractivity (Wildman–Crippen MR) is 98.2 cm³/mol. The molecule has 5 N–H and O–H groups in total. The van der Waals surface area contributed by atoms with E-state index in [4.69, 9.17) is 24.4 Å². The van der Waals surface area contributed by atoms with Gasteiger partial charge in [0.1, 0.15) is 6.26 Å². The molecule has 1 aliphatic rings. The van der Waals surface area contributed by atoms with Gasteiger partial charge in [-0.15, -0.1) is 0 Å². The number of allylic oxidation sites excluding steroid dienone is 2. The molecule has 0 saturated heterocycles. The first kappa shape index (κ1) is 21.1. The molecule has 2 aromatic carbocycles. The van der Waals surface area contributed by atoms with Crippen molar-refractivity contribution < 1.29 is 37.9 Å². The Morgan fingerprint density at radius 1 is 0.778 bits per heavy atom. The molecule has 144 valence electrons. The maximum Gasteiger partial charge on any atom is 0.478 e. The number of phosphoric acid groups is 2. The van der Waals surface area contributed by atoms with E-state index in [0.29, 0.717) is 0 Å². The molecule has 0 aromatic heterocycles. The van der Waals surface area contributed by atoms with Gasteiger partial charge in [-0.1, -0.05) is 60.7 Å². The summed E-state index contributed by atoms with van der Waals surface area (Å²) in [6.45, 7) is 0. The number of hydrogen-bond acceptors (Lipinski definition) is 5. The smallest absolute Gasteiger partial charge is 0.390 e. The monoisotopic (exact) mass is 413 g/mol. The van der Waals surface area contributed by atoms with Crippen LogP contribution in [0.4, 0.5) is 0 Å². The molecule has 0 radical (unpaired) electrons. The van der Waals surface area contributed by atoms with E-state index >= 15 is 0 Å². The average Bonchev–Trinajstić information content (AvgIpc) is 2.61. The minimum absolute atomic E-state index is 0.990. The van der Waals surface area contributed by atoms with Gasteiger partial charge in [-0.25, -0.2) is 14.6 Å². The normalized spacial score (nSPS) is 13.9. The zero-order chi connectivity index (χ0) is 19.9. The van der Waals surface area contributed by atoms with E-state index in [2.05, 4.69) is 34.1 Å². The van der Waals surface area contributed by atoms with Crippen molar-refractivity contribution in [1.82, 2.24) is 5.48 Å². The fourth-order valence-corrected chi connectivity index (χ4v) is 3.26. The summed E-state index contributed by atoms with van der Waals surface area (Å²) in [6, 6.07) is 20.4. The highest BCUT2D eigenvalue weighted by Crippen LogP contribution is 2.53. The van der Waals surface area contributed by atoms with Gasteiger partial charge in [0, 0.05) is 11.1 Å². The first-order valence-corrected chi connectivity index (χ1v) is 10.5. The third-order valence-electron chi connectivity index (χ3n) is 3.09. The largest absolute Gasteiger partial charge is 0.478 e. The predicted octanol–water partition coefficient (Wildman–Crippen LogP) is 2.79. The number of hydroxylamine groups is 1. The molecule has 1 heterocycles. The Hall–Kier alpha value is -2.22. The summed E-state index contributed by atoms with van der Waals surface area (Å²) in [5, 5.41) is 0. The Kier molecular flexibility index (Phi) is 7.12. The van der Waals surface area contributed by atoms with Crippen LogP contribution in [0.5, 0.6) is 0 Å². The summed E-state index contributed by atoms with van der Waals surface area (Å²) in [6.07, 6.45) is 3.64. The first-order chi connectivity index (χ1) is 12.7. The van der Waals surface area contributed by atoms with Crippen LogP contribution in [0, 0.1) is 0 Å². The summed E-state index contributed by atoms with van der Waals surface area (Å²) >= 11 is 0. The molecule has 9 nitrogen and oxygen atoms in total. The summed E-state index contributed by atoms with van der Waals surface area (Å²) < 4.78 is 22.2. The molecular weight excluding hydrogens is 396 g/mol. The number of nitrogens with one attached hydrogen (secondary N) is 1. The van der Waals surface area contributed by atoms with Gasteiger partial charge >= 0.3 is 15.6 Å². The zero-order valence-electron chi connectivity index (χ0n) is 13.7. The molecule has 0 amide bonds. The van der Waals surface area contributed by atoms with Crippen LogP contribution in [0.25, 0.3) is 11.3 Å². The van der Waals surface area contributed by atoms with Crippen LogP contribution < -0.4 is 5.48 Å². The van der Waals surface area contributed by atoms with Crippen molar-refractivity contribution in [2.75, 3.05) is 0 Å². The highest BCUT2D eigenvalue weighted by molar-refractivity contribution is 7.60. The molecule has 0 spiro atoms. The van der Waals surface area contributed by atoms with E-state index < -0.39 is 15.6 Å². The van der Waals surface area contributed by atoms with Crippen molar-refractivity contribution in [3.63, 3.8) is 0 Å². The van der Waals surface area contributed by atoms with Gasteiger partial charge in [0.25, 0.3) is 0 Å². The van der Waals surface area contributed by atoms with Gasteiger partial charge < -0.3 is 24.4 Å². The van der Waals surface area contributed by atoms with Crippen molar-refractivity contribution in [2.45, 2.75) is 0 Å². The van der Waals surface area contributed by atoms with Crippen LogP contribution in [0.15, 0.2) is 73.0 Å². The molecular formula is C16H17NO8P2. The van der Waals surface area contributed by atoms with E-state index in [1.807, 2.05) is 42.5 Å². The molecule has 1 aliphatic heterocycles. The van der Waals surface area contributed by atoms with Gasteiger partial charge in [-0.2, -0.15) is 4.31 Å². The van der Waals surface area contributed by atoms with E-state index in [1.54, 1.807) is 6.26 Å². The number of rotatable bonds is 4. The Bertz CT molecular complexity index is 883. The van der Waals surface area contributed by atoms with Crippen LogP contribution in [-0.4, -0.2) is 19.6 Å². The Morgan fingerprint density at radius 2 is 1.26 bits per heavy atom. The first-order valence-electron chi connectivity index (χ1n) is 7.41. The molecule has 2 aromatic rings. The lowest BCUT2D eigenvalue weighted by molar-refractivity contribution is 0.182. The van der Waals surface area contributed by atoms with Gasteiger partial charge in [0.05, 0.1) is 5.70 Å². The van der Waals surface area contributed by atoms with E-state index in [0.717, 1.165) is 16.8 Å². The van der Waals surface area contributed by atoms with E-state index in [9.17, 15) is 9.13 Å². The quantitative estimate of drug-likeness (QED) is 0.478. The maximum absolute atomic E-state index is 9.63. The molecule has 0 bridgehead atoms. The van der Waals surface area contributed by atoms with Crippen molar-refractivity contribution in [2.24, 2.45) is 0 Å². The molecule has 0 aliphatic carbocycles. The second-order valence-corrected chi connectivity index (χ2v) is 7.72. The maximum atomic E-state index is 9.63. The molecule has 27 heavy (non-hydrogen) atoms. The molecule has 0 atom stereocenters. The standard InChI is InChI=1S/C16H13NO.H4O7P2/c1-3-7-13(8-4-1)15-11-12-18-17-16(15)14-9-5-2-6-10-14;1-8(2,3)7-9(4,5)6/h1-12,17H;(H2,1,2,3)(H2,4,5,6). The zero-order valence-corrected chi connectivity index (χ0v) is 15.5. The molecule has 3 rings (SSSR count). The van der Waals surface area contributed by atoms with Crippen LogP contribution in [0.3, 0.4) is 0 Å². The summed E-state index contributed by atoms with van der Waals surface area (Å²) in [7, 11) is -10.1. The Balaban J connectivity index is 0.000000249. The fourth-order valence-electron chi connectivity index (χ4n) is 2.15. The van der Waals surface area contributed by atoms with Crippen LogP contribution in [-0.2, 0) is 18.3 Å². The van der Waals surface area contributed by atoms with Crippen molar-refractivity contribution in [1.29, 1.82) is 0 Å². The summed E-state index contributed by atoms with van der Waals surface area (Å²) in [4.78, 5) is 36.2. The second kappa shape index (κ2) is 9.12. The number of benzene rings is 2. The van der Waals surface area contributed by atoms with Gasteiger partial charge in [0.2, 0.25) is 0 Å².